The van der Waals surface area contributed by atoms with Gasteiger partial charge in [0.05, 0.1) is 11.3 Å². The van der Waals surface area contributed by atoms with E-state index >= 15 is 0 Å². The van der Waals surface area contributed by atoms with Gasteiger partial charge in [-0.15, -0.1) is 0 Å². The number of aromatic nitrogens is 2. The van der Waals surface area contributed by atoms with Crippen LogP contribution in [0.2, 0.25) is 0 Å². The monoisotopic (exact) mass is 293 g/mol. The molecule has 5 heteroatoms. The average Bonchev–Trinajstić information content (AvgIpc) is 2.56. The molecule has 0 radical (unpaired) electrons. The predicted octanol–water partition coefficient (Wildman–Crippen LogP) is 1.73. The third-order valence-electron chi connectivity index (χ3n) is 4.66. The van der Waals surface area contributed by atoms with Crippen LogP contribution in [-0.4, -0.2) is 44.4 Å². The Kier molecular flexibility index (Phi) is 4.71. The van der Waals surface area contributed by atoms with Crippen molar-refractivity contribution in [1.82, 2.24) is 14.7 Å². The van der Waals surface area contributed by atoms with Crippen LogP contribution in [0.1, 0.15) is 49.6 Å². The first-order valence-electron chi connectivity index (χ1n) is 7.79. The third kappa shape index (κ3) is 3.84. The minimum atomic E-state index is -0.619. The lowest BCUT2D eigenvalue weighted by molar-refractivity contribution is -0.131. The van der Waals surface area contributed by atoms with Crippen LogP contribution in [0.15, 0.2) is 0 Å². The van der Waals surface area contributed by atoms with E-state index in [-0.39, 0.29) is 5.91 Å². The smallest absolute Gasteiger partial charge is 0.222 e. The molecule has 2 rings (SSSR count). The van der Waals surface area contributed by atoms with Crippen LogP contribution in [0.4, 0.5) is 0 Å². The lowest BCUT2D eigenvalue weighted by Gasteiger charge is -2.22. The van der Waals surface area contributed by atoms with Crippen LogP contribution in [0.5, 0.6) is 0 Å². The molecule has 1 aromatic rings. The molecule has 1 aliphatic heterocycles. The number of carbonyl (C=O) groups is 1. The topological polar surface area (TPSA) is 58.4 Å². The van der Waals surface area contributed by atoms with Crippen molar-refractivity contribution in [3.05, 3.63) is 17.0 Å². The van der Waals surface area contributed by atoms with Crippen molar-refractivity contribution in [3.63, 3.8) is 0 Å². The Balaban J connectivity index is 1.93. The molecule has 0 aromatic carbocycles. The maximum absolute atomic E-state index is 12.4. The number of aryl methyl sites for hydroxylation is 2. The van der Waals surface area contributed by atoms with Crippen molar-refractivity contribution in [3.8, 4) is 0 Å². The highest BCUT2D eigenvalue weighted by molar-refractivity contribution is 5.76. The third-order valence-corrected chi connectivity index (χ3v) is 4.66. The normalized spacial score (nSPS) is 23.2. The molecule has 0 saturated carbocycles. The van der Waals surface area contributed by atoms with E-state index in [1.807, 2.05) is 37.4 Å². The molecule has 118 valence electrons. The minimum absolute atomic E-state index is 0.190. The molecule has 1 atom stereocenters. The molecule has 1 unspecified atom stereocenters. The highest BCUT2D eigenvalue weighted by Crippen LogP contribution is 2.22. The Bertz CT molecular complexity index is 520. The van der Waals surface area contributed by atoms with Gasteiger partial charge in [0.2, 0.25) is 5.91 Å². The van der Waals surface area contributed by atoms with Crippen LogP contribution in [0.3, 0.4) is 0 Å². The van der Waals surface area contributed by atoms with E-state index in [1.165, 1.54) is 5.56 Å². The first-order chi connectivity index (χ1) is 9.80. The Morgan fingerprint density at radius 1 is 1.33 bits per heavy atom. The predicted molar refractivity (Wildman–Crippen MR) is 82.1 cm³/mol. The molecule has 0 bridgehead atoms. The Hall–Kier alpha value is -1.36. The van der Waals surface area contributed by atoms with Crippen molar-refractivity contribution < 1.29 is 9.90 Å². The van der Waals surface area contributed by atoms with E-state index < -0.39 is 5.60 Å². The average molecular weight is 293 g/mol. The molecule has 1 fully saturated rings. The van der Waals surface area contributed by atoms with E-state index in [4.69, 9.17) is 0 Å². The van der Waals surface area contributed by atoms with E-state index in [1.54, 1.807) is 0 Å². The van der Waals surface area contributed by atoms with Gasteiger partial charge in [0.15, 0.2) is 0 Å². The van der Waals surface area contributed by atoms with Gasteiger partial charge in [0, 0.05) is 32.3 Å². The molecule has 1 aromatic heterocycles. The van der Waals surface area contributed by atoms with Crippen molar-refractivity contribution in [2.24, 2.45) is 7.05 Å². The second kappa shape index (κ2) is 6.18. The number of nitrogens with zero attached hydrogens (tertiary/aromatic N) is 3. The van der Waals surface area contributed by atoms with Crippen molar-refractivity contribution in [1.29, 1.82) is 0 Å². The zero-order valence-electron chi connectivity index (χ0n) is 13.6. The van der Waals surface area contributed by atoms with E-state index in [0.29, 0.717) is 19.4 Å². The SMILES string of the molecule is Cc1nn(C)c(C)c1CCC(=O)N1CCCC(C)(O)CC1. The number of likely N-dealkylation sites (tertiary alicyclic amines) is 1. The Morgan fingerprint density at radius 3 is 2.67 bits per heavy atom. The molecule has 21 heavy (non-hydrogen) atoms. The molecule has 1 amide bonds. The van der Waals surface area contributed by atoms with Crippen LogP contribution in [-0.2, 0) is 18.3 Å². The zero-order chi connectivity index (χ0) is 15.6. The fourth-order valence-corrected chi connectivity index (χ4v) is 3.08. The first-order valence-corrected chi connectivity index (χ1v) is 7.79. The summed E-state index contributed by atoms with van der Waals surface area (Å²) in [5.41, 5.74) is 2.72. The largest absolute Gasteiger partial charge is 0.390 e. The fraction of sp³-hybridized carbons (Fsp3) is 0.750. The summed E-state index contributed by atoms with van der Waals surface area (Å²) < 4.78 is 1.87. The van der Waals surface area contributed by atoms with E-state index in [9.17, 15) is 9.90 Å². The Morgan fingerprint density at radius 2 is 2.05 bits per heavy atom. The summed E-state index contributed by atoms with van der Waals surface area (Å²) in [6.07, 6.45) is 3.59. The molecule has 5 nitrogen and oxygen atoms in total. The quantitative estimate of drug-likeness (QED) is 0.923. The molecule has 0 aliphatic carbocycles. The van der Waals surface area contributed by atoms with Crippen molar-refractivity contribution in [2.45, 2.75) is 58.5 Å². The number of hydrogen-bond acceptors (Lipinski definition) is 3. The zero-order valence-corrected chi connectivity index (χ0v) is 13.6. The van der Waals surface area contributed by atoms with Crippen LogP contribution in [0.25, 0.3) is 0 Å². The maximum atomic E-state index is 12.4. The van der Waals surface area contributed by atoms with Gasteiger partial charge in [-0.2, -0.15) is 5.10 Å². The number of aliphatic hydroxyl groups is 1. The maximum Gasteiger partial charge on any atom is 0.222 e. The van der Waals surface area contributed by atoms with E-state index in [0.717, 1.165) is 37.2 Å². The minimum Gasteiger partial charge on any atom is -0.390 e. The molecular formula is C16H27N3O2. The van der Waals surface area contributed by atoms with E-state index in [2.05, 4.69) is 5.10 Å². The molecular weight excluding hydrogens is 266 g/mol. The van der Waals surface area contributed by atoms with Gasteiger partial charge in [0.1, 0.15) is 0 Å². The second-order valence-electron chi connectivity index (χ2n) is 6.50. The van der Waals surface area contributed by atoms with Gasteiger partial charge < -0.3 is 10.0 Å². The number of rotatable bonds is 3. The van der Waals surface area contributed by atoms with Gasteiger partial charge in [-0.1, -0.05) is 0 Å². The summed E-state index contributed by atoms with van der Waals surface area (Å²) in [5, 5.41) is 14.5. The van der Waals surface area contributed by atoms with Crippen LogP contribution < -0.4 is 0 Å². The molecule has 1 saturated heterocycles. The first kappa shape index (κ1) is 16.0. The van der Waals surface area contributed by atoms with Crippen molar-refractivity contribution >= 4 is 5.91 Å². The molecule has 1 aliphatic rings. The highest BCUT2D eigenvalue weighted by atomic mass is 16.3. The van der Waals surface area contributed by atoms with Gasteiger partial charge in [-0.25, -0.2) is 0 Å². The summed E-state index contributed by atoms with van der Waals surface area (Å²) in [4.78, 5) is 14.3. The molecule has 1 N–H and O–H groups in total. The highest BCUT2D eigenvalue weighted by Gasteiger charge is 2.27. The summed E-state index contributed by atoms with van der Waals surface area (Å²) in [6, 6.07) is 0. The number of hydrogen-bond donors (Lipinski definition) is 1. The molecule has 0 spiro atoms. The Labute approximate surface area is 126 Å². The summed E-state index contributed by atoms with van der Waals surface area (Å²) in [5.74, 6) is 0.190. The van der Waals surface area contributed by atoms with Gasteiger partial charge in [-0.3, -0.25) is 9.48 Å². The van der Waals surface area contributed by atoms with Crippen LogP contribution in [0, 0.1) is 13.8 Å². The van der Waals surface area contributed by atoms with Crippen molar-refractivity contribution in [2.75, 3.05) is 13.1 Å². The molecule has 2 heterocycles. The van der Waals surface area contributed by atoms with Gasteiger partial charge in [0.25, 0.3) is 0 Å². The van der Waals surface area contributed by atoms with Gasteiger partial charge in [-0.05, 0) is 52.0 Å². The fourth-order valence-electron chi connectivity index (χ4n) is 3.08. The number of carbonyl (C=O) groups excluding carboxylic acids is 1. The summed E-state index contributed by atoms with van der Waals surface area (Å²) in [7, 11) is 1.94. The van der Waals surface area contributed by atoms with Gasteiger partial charge >= 0.3 is 0 Å². The lowest BCUT2D eigenvalue weighted by Crippen LogP contribution is -2.33. The number of amides is 1. The standard InChI is InChI=1S/C16H27N3O2/c1-12-14(13(2)18(4)17-12)6-7-15(20)19-10-5-8-16(3,21)9-11-19/h21H,5-11H2,1-4H3. The second-order valence-corrected chi connectivity index (χ2v) is 6.50. The lowest BCUT2D eigenvalue weighted by atomic mass is 9.98. The summed E-state index contributed by atoms with van der Waals surface area (Å²) in [6.45, 7) is 7.33. The van der Waals surface area contributed by atoms with Crippen LogP contribution >= 0.6 is 0 Å². The summed E-state index contributed by atoms with van der Waals surface area (Å²) >= 11 is 0.